The number of benzene rings is 1. The Kier molecular flexibility index (Phi) is 7.34. The molecule has 3 aromatic rings. The molecule has 0 bridgehead atoms. The third kappa shape index (κ3) is 5.35. The van der Waals surface area contributed by atoms with E-state index in [1.165, 1.54) is 19.1 Å². The van der Waals surface area contributed by atoms with E-state index in [0.717, 1.165) is 60.4 Å². The first-order valence-corrected chi connectivity index (χ1v) is 13.8. The lowest BCUT2D eigenvalue weighted by molar-refractivity contribution is -0.206. The summed E-state index contributed by atoms with van der Waals surface area (Å²) in [5.74, 6) is -0.560. The second-order valence-electron chi connectivity index (χ2n) is 10.5. The zero-order chi connectivity index (χ0) is 27.9. The number of aromatic nitrogens is 2. The largest absolute Gasteiger partial charge is 0.485 e. The van der Waals surface area contributed by atoms with Crippen LogP contribution >= 0.6 is 11.3 Å². The molecule has 1 fully saturated rings. The Labute approximate surface area is 228 Å². The van der Waals surface area contributed by atoms with E-state index >= 15 is 0 Å². The highest BCUT2D eigenvalue weighted by Gasteiger charge is 2.54. The number of alkyl halides is 3. The van der Waals surface area contributed by atoms with Crippen LogP contribution in [-0.4, -0.2) is 51.8 Å². The molecule has 0 radical (unpaired) electrons. The van der Waals surface area contributed by atoms with E-state index in [0.29, 0.717) is 5.00 Å². The number of piperidine rings is 1. The van der Waals surface area contributed by atoms with Crippen LogP contribution in [0.1, 0.15) is 48.3 Å². The second-order valence-corrected chi connectivity index (χ2v) is 11.6. The third-order valence-corrected chi connectivity index (χ3v) is 8.87. The lowest BCUT2D eigenvalue weighted by Crippen LogP contribution is -2.42. The summed E-state index contributed by atoms with van der Waals surface area (Å²) < 4.78 is 49.9. The maximum Gasteiger partial charge on any atom is 0.398 e. The van der Waals surface area contributed by atoms with Crippen LogP contribution in [0.5, 0.6) is 5.75 Å². The number of fused-ring (bicyclic) bond motifs is 1. The topological polar surface area (TPSA) is 99.4 Å². The minimum atomic E-state index is -4.46. The summed E-state index contributed by atoms with van der Waals surface area (Å²) in [6.45, 7) is 5.42. The zero-order valence-electron chi connectivity index (χ0n) is 21.9. The van der Waals surface area contributed by atoms with Crippen molar-refractivity contribution in [1.29, 1.82) is 0 Å². The standard InChI is InChI=1S/C28H32F3N5O2S/c1-17(20-5-3-4-10-27(20,2)28(29,30)31)38-23-14-24(39-25(23)26(33)37)36-16-34-21-7-6-18(13-22(21)36)15-35-11-8-19(32)9-12-35/h3-7,13-14,16-17,19H,8-12,15,32H2,1-2H3,(H2,33,37)/t17-,27?/m1/s1. The van der Waals surface area contributed by atoms with Gasteiger partial charge < -0.3 is 16.2 Å². The van der Waals surface area contributed by atoms with E-state index in [-0.39, 0.29) is 28.7 Å². The molecular weight excluding hydrogens is 527 g/mol. The van der Waals surface area contributed by atoms with E-state index in [4.69, 9.17) is 16.2 Å². The van der Waals surface area contributed by atoms with Crippen LogP contribution in [0, 0.1) is 5.41 Å². The monoisotopic (exact) mass is 559 g/mol. The zero-order valence-corrected chi connectivity index (χ0v) is 22.7. The molecule has 1 amide bonds. The molecule has 1 saturated heterocycles. The highest BCUT2D eigenvalue weighted by Crippen LogP contribution is 2.50. The Morgan fingerprint density at radius 3 is 2.72 bits per heavy atom. The first-order chi connectivity index (χ1) is 18.5. The van der Waals surface area contributed by atoms with Gasteiger partial charge in [-0.2, -0.15) is 13.2 Å². The van der Waals surface area contributed by atoms with Crippen LogP contribution in [0.4, 0.5) is 13.2 Å². The number of nitrogens with two attached hydrogens (primary N) is 2. The molecule has 5 rings (SSSR count). The van der Waals surface area contributed by atoms with Gasteiger partial charge in [-0.15, -0.1) is 11.3 Å². The van der Waals surface area contributed by atoms with Crippen molar-refractivity contribution in [2.24, 2.45) is 16.9 Å². The molecule has 11 heteroatoms. The van der Waals surface area contributed by atoms with E-state index in [1.54, 1.807) is 25.4 Å². The van der Waals surface area contributed by atoms with Gasteiger partial charge in [-0.25, -0.2) is 4.98 Å². The van der Waals surface area contributed by atoms with Crippen LogP contribution in [0.15, 0.2) is 54.4 Å². The van der Waals surface area contributed by atoms with Crippen molar-refractivity contribution >= 4 is 28.3 Å². The number of amides is 1. The third-order valence-electron chi connectivity index (χ3n) is 7.74. The number of hydrogen-bond acceptors (Lipinski definition) is 6. The van der Waals surface area contributed by atoms with Gasteiger partial charge in [0.25, 0.3) is 5.91 Å². The van der Waals surface area contributed by atoms with Gasteiger partial charge in [0.1, 0.15) is 28.1 Å². The molecule has 2 atom stereocenters. The Morgan fingerprint density at radius 1 is 1.28 bits per heavy atom. The van der Waals surface area contributed by atoms with Crippen molar-refractivity contribution in [2.75, 3.05) is 13.1 Å². The van der Waals surface area contributed by atoms with Crippen LogP contribution in [0.2, 0.25) is 0 Å². The van der Waals surface area contributed by atoms with Gasteiger partial charge in [0, 0.05) is 18.7 Å². The fourth-order valence-electron chi connectivity index (χ4n) is 5.33. The Morgan fingerprint density at radius 2 is 2.03 bits per heavy atom. The summed E-state index contributed by atoms with van der Waals surface area (Å²) >= 11 is 1.12. The number of thiophene rings is 1. The molecule has 3 heterocycles. The summed E-state index contributed by atoms with van der Waals surface area (Å²) in [4.78, 5) is 19.3. The lowest BCUT2D eigenvalue weighted by Gasteiger charge is -2.37. The molecule has 0 spiro atoms. The number of likely N-dealkylation sites (tertiary alicyclic amines) is 1. The van der Waals surface area contributed by atoms with Crippen LogP contribution in [0.3, 0.4) is 0 Å². The SMILES string of the molecule is C[C@@H](Oc1cc(-n2cnc3ccc(CN4CCC(N)CC4)cc32)sc1C(N)=O)C1=CC=CCC1(C)C(F)(F)F. The quantitative estimate of drug-likeness (QED) is 0.408. The van der Waals surface area contributed by atoms with E-state index in [2.05, 4.69) is 22.0 Å². The minimum Gasteiger partial charge on any atom is -0.485 e. The number of halogens is 3. The van der Waals surface area contributed by atoms with Gasteiger partial charge in [0.15, 0.2) is 0 Å². The number of imidazole rings is 1. The van der Waals surface area contributed by atoms with E-state index < -0.39 is 23.6 Å². The number of allylic oxidation sites excluding steroid dienone is 3. The number of carbonyl (C=O) groups is 1. The van der Waals surface area contributed by atoms with Crippen molar-refractivity contribution < 1.29 is 22.7 Å². The molecular formula is C28H32F3N5O2S. The summed E-state index contributed by atoms with van der Waals surface area (Å²) in [5, 5.41) is 0.630. The average Bonchev–Trinajstić information content (AvgIpc) is 3.49. The molecule has 2 aliphatic rings. The summed E-state index contributed by atoms with van der Waals surface area (Å²) in [6, 6.07) is 7.98. The van der Waals surface area contributed by atoms with Crippen molar-refractivity contribution in [1.82, 2.24) is 14.5 Å². The van der Waals surface area contributed by atoms with Crippen LogP contribution in [-0.2, 0) is 6.54 Å². The fraction of sp³-hybridized carbons (Fsp3) is 0.429. The molecule has 0 saturated carbocycles. The first kappa shape index (κ1) is 27.4. The normalized spacial score (nSPS) is 21.7. The Bertz CT molecular complexity index is 1430. The van der Waals surface area contributed by atoms with Crippen LogP contribution in [0.25, 0.3) is 16.0 Å². The van der Waals surface area contributed by atoms with Gasteiger partial charge in [-0.1, -0.05) is 24.3 Å². The summed E-state index contributed by atoms with van der Waals surface area (Å²) in [6.07, 6.45) is 2.58. The van der Waals surface area contributed by atoms with Crippen molar-refractivity contribution in [3.8, 4) is 10.8 Å². The van der Waals surface area contributed by atoms with Gasteiger partial charge in [0.2, 0.25) is 0 Å². The molecule has 1 unspecified atom stereocenters. The Hall–Kier alpha value is -3.15. The minimum absolute atomic E-state index is 0.0945. The van der Waals surface area contributed by atoms with Crippen molar-refractivity contribution in [2.45, 2.75) is 58.0 Å². The maximum atomic E-state index is 14.0. The molecule has 4 N–H and O–H groups in total. The molecule has 39 heavy (non-hydrogen) atoms. The number of rotatable bonds is 7. The van der Waals surface area contributed by atoms with Gasteiger partial charge in [-0.05, 0) is 69.5 Å². The van der Waals surface area contributed by atoms with Crippen LogP contribution < -0.4 is 16.2 Å². The molecule has 1 aliphatic carbocycles. The Balaban J connectivity index is 1.44. The van der Waals surface area contributed by atoms with E-state index in [1.807, 2.05) is 10.6 Å². The van der Waals surface area contributed by atoms with Gasteiger partial charge >= 0.3 is 6.18 Å². The summed E-state index contributed by atoms with van der Waals surface area (Å²) in [5.41, 5.74) is 12.5. The highest BCUT2D eigenvalue weighted by molar-refractivity contribution is 7.16. The van der Waals surface area contributed by atoms with Crippen molar-refractivity contribution in [3.05, 3.63) is 64.8 Å². The van der Waals surface area contributed by atoms with Gasteiger partial charge in [0.05, 0.1) is 16.4 Å². The summed E-state index contributed by atoms with van der Waals surface area (Å²) in [7, 11) is 0. The maximum absolute atomic E-state index is 14.0. The number of nitrogens with zero attached hydrogens (tertiary/aromatic N) is 3. The predicted molar refractivity (Wildman–Crippen MR) is 146 cm³/mol. The smallest absolute Gasteiger partial charge is 0.398 e. The number of carbonyl (C=O) groups excluding carboxylic acids is 1. The molecule has 1 aliphatic heterocycles. The number of hydrogen-bond donors (Lipinski definition) is 2. The molecule has 1 aromatic carbocycles. The predicted octanol–water partition coefficient (Wildman–Crippen LogP) is 5.33. The molecule has 2 aromatic heterocycles. The van der Waals surface area contributed by atoms with E-state index in [9.17, 15) is 18.0 Å². The fourth-order valence-corrected chi connectivity index (χ4v) is 6.26. The lowest BCUT2D eigenvalue weighted by atomic mass is 9.73. The first-order valence-electron chi connectivity index (χ1n) is 12.9. The van der Waals surface area contributed by atoms with Gasteiger partial charge in [-0.3, -0.25) is 14.3 Å². The second kappa shape index (κ2) is 10.4. The number of primary amides is 1. The number of ether oxygens (including phenoxy) is 1. The molecule has 7 nitrogen and oxygen atoms in total. The van der Waals surface area contributed by atoms with Crippen molar-refractivity contribution in [3.63, 3.8) is 0 Å². The average molecular weight is 560 g/mol. The molecule has 208 valence electrons. The highest BCUT2D eigenvalue weighted by atomic mass is 32.1.